The highest BCUT2D eigenvalue weighted by atomic mass is 19.4. The molecule has 0 aliphatic heterocycles. The van der Waals surface area contributed by atoms with Crippen LogP contribution in [0.4, 0.5) is 30.6 Å². The zero-order valence-corrected chi connectivity index (χ0v) is 13.0. The number of rotatable bonds is 5. The third-order valence-corrected chi connectivity index (χ3v) is 3.31. The van der Waals surface area contributed by atoms with E-state index in [2.05, 4.69) is 25.8 Å². The van der Waals surface area contributed by atoms with Crippen LogP contribution in [0.1, 0.15) is 11.1 Å². The lowest BCUT2D eigenvalue weighted by molar-refractivity contribution is -0.137. The van der Waals surface area contributed by atoms with Crippen molar-refractivity contribution in [3.8, 4) is 0 Å². The van der Waals surface area contributed by atoms with Crippen LogP contribution in [0.5, 0.6) is 0 Å². The first-order valence-electron chi connectivity index (χ1n) is 7.42. The molecule has 8 heteroatoms. The monoisotopic (exact) mass is 345 g/mol. The maximum absolute atomic E-state index is 12.8. The Morgan fingerprint density at radius 1 is 0.960 bits per heavy atom. The standard InChI is InChI=1S/C17H14F3N5/c18-17(19,20)13-7-4-8-14(9-13)23-15-11-22-25-16(24-15)21-10-12-5-2-1-3-6-12/h1-9,11H,10H2,(H2,21,23,24,25). The number of alkyl halides is 3. The predicted molar refractivity (Wildman–Crippen MR) is 88.3 cm³/mol. The minimum Gasteiger partial charge on any atom is -0.349 e. The molecule has 0 unspecified atom stereocenters. The molecule has 3 rings (SSSR count). The molecule has 1 aromatic heterocycles. The van der Waals surface area contributed by atoms with E-state index < -0.39 is 11.7 Å². The van der Waals surface area contributed by atoms with Crippen LogP contribution in [0.25, 0.3) is 0 Å². The van der Waals surface area contributed by atoms with Crippen molar-refractivity contribution in [1.29, 1.82) is 0 Å². The molecule has 1 heterocycles. The molecule has 0 spiro atoms. The topological polar surface area (TPSA) is 62.7 Å². The van der Waals surface area contributed by atoms with Gasteiger partial charge in [-0.25, -0.2) is 0 Å². The quantitative estimate of drug-likeness (QED) is 0.724. The molecule has 0 fully saturated rings. The smallest absolute Gasteiger partial charge is 0.349 e. The molecule has 0 amide bonds. The van der Waals surface area contributed by atoms with Crippen LogP contribution >= 0.6 is 0 Å². The largest absolute Gasteiger partial charge is 0.416 e. The first-order chi connectivity index (χ1) is 12.0. The third kappa shape index (κ3) is 4.66. The molecular formula is C17H14F3N5. The summed E-state index contributed by atoms with van der Waals surface area (Å²) in [6.45, 7) is 0.509. The molecule has 2 aromatic carbocycles. The Balaban J connectivity index is 1.69. The summed E-state index contributed by atoms with van der Waals surface area (Å²) in [4.78, 5) is 4.20. The minimum absolute atomic E-state index is 0.268. The highest BCUT2D eigenvalue weighted by Crippen LogP contribution is 2.31. The Morgan fingerprint density at radius 3 is 2.52 bits per heavy atom. The van der Waals surface area contributed by atoms with E-state index in [1.165, 1.54) is 18.3 Å². The van der Waals surface area contributed by atoms with Crippen molar-refractivity contribution in [3.05, 3.63) is 71.9 Å². The fraction of sp³-hybridized carbons (Fsp3) is 0.118. The molecule has 0 atom stereocenters. The SMILES string of the molecule is FC(F)(F)c1cccc(Nc2cnnc(NCc3ccccc3)n2)c1. The van der Waals surface area contributed by atoms with Gasteiger partial charge in [0.15, 0.2) is 5.82 Å². The highest BCUT2D eigenvalue weighted by molar-refractivity contribution is 5.57. The Kier molecular flexibility index (Phi) is 4.78. The fourth-order valence-electron chi connectivity index (χ4n) is 2.14. The van der Waals surface area contributed by atoms with Gasteiger partial charge in [0, 0.05) is 12.2 Å². The first kappa shape index (κ1) is 16.7. The molecule has 0 saturated heterocycles. The Hall–Kier alpha value is -3.16. The summed E-state index contributed by atoms with van der Waals surface area (Å²) < 4.78 is 38.3. The van der Waals surface area contributed by atoms with E-state index in [0.29, 0.717) is 12.4 Å². The van der Waals surface area contributed by atoms with E-state index in [-0.39, 0.29) is 11.6 Å². The second kappa shape index (κ2) is 7.16. The number of halogens is 3. The van der Waals surface area contributed by atoms with Crippen molar-refractivity contribution >= 4 is 17.5 Å². The molecule has 0 bridgehead atoms. The maximum Gasteiger partial charge on any atom is 0.416 e. The molecule has 128 valence electrons. The second-order valence-electron chi connectivity index (χ2n) is 5.21. The first-order valence-corrected chi connectivity index (χ1v) is 7.42. The minimum atomic E-state index is -4.40. The Bertz CT molecular complexity index is 837. The number of hydrogen-bond acceptors (Lipinski definition) is 5. The van der Waals surface area contributed by atoms with Crippen LogP contribution in [0.3, 0.4) is 0 Å². The zero-order chi connectivity index (χ0) is 17.7. The van der Waals surface area contributed by atoms with Gasteiger partial charge in [0.2, 0.25) is 5.95 Å². The van der Waals surface area contributed by atoms with Crippen LogP contribution in [0.15, 0.2) is 60.8 Å². The molecule has 25 heavy (non-hydrogen) atoms. The lowest BCUT2D eigenvalue weighted by Crippen LogP contribution is -2.07. The second-order valence-corrected chi connectivity index (χ2v) is 5.21. The third-order valence-electron chi connectivity index (χ3n) is 3.31. The number of benzene rings is 2. The summed E-state index contributed by atoms with van der Waals surface area (Å²) in [7, 11) is 0. The molecular weight excluding hydrogens is 331 g/mol. The van der Waals surface area contributed by atoms with Crippen LogP contribution in [0, 0.1) is 0 Å². The van der Waals surface area contributed by atoms with Gasteiger partial charge in [-0.05, 0) is 23.8 Å². The molecule has 5 nitrogen and oxygen atoms in total. The fourth-order valence-corrected chi connectivity index (χ4v) is 2.14. The number of aromatic nitrogens is 3. The summed E-state index contributed by atoms with van der Waals surface area (Å²) in [5.74, 6) is 0.575. The van der Waals surface area contributed by atoms with Crippen LogP contribution in [0.2, 0.25) is 0 Å². The Morgan fingerprint density at radius 2 is 1.76 bits per heavy atom. The average molecular weight is 345 g/mol. The summed E-state index contributed by atoms with van der Waals surface area (Å²) in [5.41, 5.74) is 0.577. The number of anilines is 3. The predicted octanol–water partition coefficient (Wildman–Crippen LogP) is 4.25. The number of nitrogens with zero attached hydrogens (tertiary/aromatic N) is 3. The van der Waals surface area contributed by atoms with Crippen LogP contribution in [-0.4, -0.2) is 15.2 Å². The maximum atomic E-state index is 12.8. The summed E-state index contributed by atoms with van der Waals surface area (Å²) in [5, 5.41) is 13.5. The van der Waals surface area contributed by atoms with Gasteiger partial charge in [0.25, 0.3) is 0 Å². The van der Waals surface area contributed by atoms with Crippen molar-refractivity contribution in [2.75, 3.05) is 10.6 Å². The average Bonchev–Trinajstić information content (AvgIpc) is 2.61. The molecule has 0 aliphatic rings. The molecule has 0 aliphatic carbocycles. The van der Waals surface area contributed by atoms with E-state index in [9.17, 15) is 13.2 Å². The lowest BCUT2D eigenvalue weighted by Gasteiger charge is -2.10. The highest BCUT2D eigenvalue weighted by Gasteiger charge is 2.30. The van der Waals surface area contributed by atoms with Crippen molar-refractivity contribution < 1.29 is 13.2 Å². The van der Waals surface area contributed by atoms with Crippen molar-refractivity contribution in [1.82, 2.24) is 15.2 Å². The van der Waals surface area contributed by atoms with Crippen molar-refractivity contribution in [2.24, 2.45) is 0 Å². The zero-order valence-electron chi connectivity index (χ0n) is 13.0. The van der Waals surface area contributed by atoms with Gasteiger partial charge in [-0.1, -0.05) is 36.4 Å². The van der Waals surface area contributed by atoms with Crippen LogP contribution in [-0.2, 0) is 12.7 Å². The summed E-state index contributed by atoms with van der Waals surface area (Å²) >= 11 is 0. The van der Waals surface area contributed by atoms with Gasteiger partial charge < -0.3 is 10.6 Å². The van der Waals surface area contributed by atoms with Gasteiger partial charge >= 0.3 is 6.18 Å². The van der Waals surface area contributed by atoms with Gasteiger partial charge in [-0.15, -0.1) is 5.10 Å². The van der Waals surface area contributed by atoms with Gasteiger partial charge in [-0.3, -0.25) is 0 Å². The van der Waals surface area contributed by atoms with E-state index in [1.54, 1.807) is 0 Å². The van der Waals surface area contributed by atoms with Gasteiger partial charge in [0.1, 0.15) is 0 Å². The van der Waals surface area contributed by atoms with E-state index in [4.69, 9.17) is 0 Å². The van der Waals surface area contributed by atoms with E-state index in [1.807, 2.05) is 30.3 Å². The van der Waals surface area contributed by atoms with Gasteiger partial charge in [0.05, 0.1) is 11.8 Å². The summed E-state index contributed by atoms with van der Waals surface area (Å²) in [6, 6.07) is 14.5. The molecule has 0 saturated carbocycles. The number of hydrogen-bond donors (Lipinski definition) is 2. The van der Waals surface area contributed by atoms with Crippen LogP contribution < -0.4 is 10.6 Å². The number of nitrogens with one attached hydrogen (secondary N) is 2. The van der Waals surface area contributed by atoms with E-state index >= 15 is 0 Å². The lowest BCUT2D eigenvalue weighted by atomic mass is 10.2. The summed E-state index contributed by atoms with van der Waals surface area (Å²) in [6.07, 6.45) is -3.06. The normalized spacial score (nSPS) is 11.2. The molecule has 2 N–H and O–H groups in total. The molecule has 0 radical (unpaired) electrons. The van der Waals surface area contributed by atoms with Crippen molar-refractivity contribution in [2.45, 2.75) is 12.7 Å². The van der Waals surface area contributed by atoms with E-state index in [0.717, 1.165) is 17.7 Å². The van der Waals surface area contributed by atoms with Crippen molar-refractivity contribution in [3.63, 3.8) is 0 Å². The van der Waals surface area contributed by atoms with Gasteiger partial charge in [-0.2, -0.15) is 23.3 Å². The molecule has 3 aromatic rings. The Labute approximate surface area is 141 Å².